The van der Waals surface area contributed by atoms with Crippen LogP contribution in [0, 0.1) is 11.6 Å². The van der Waals surface area contributed by atoms with Crippen LogP contribution in [0.3, 0.4) is 0 Å². The molecule has 0 spiro atoms. The van der Waals surface area contributed by atoms with Crippen LogP contribution in [0.5, 0.6) is 0 Å². The average molecular weight is 317 g/mol. The van der Waals surface area contributed by atoms with Gasteiger partial charge in [0, 0.05) is 0 Å². The van der Waals surface area contributed by atoms with E-state index in [9.17, 15) is 17.2 Å². The Morgan fingerprint density at radius 1 is 1.33 bits per heavy atom. The predicted octanol–water partition coefficient (Wildman–Crippen LogP) is 2.09. The number of sulfonamides is 1. The number of aliphatic hydroxyl groups is 1. The van der Waals surface area contributed by atoms with E-state index in [-0.39, 0.29) is 0 Å². The number of hydrogen-bond donors (Lipinski definition) is 2. The molecule has 0 aliphatic rings. The normalized spacial score (nSPS) is 13.3. The van der Waals surface area contributed by atoms with Gasteiger partial charge in [0.15, 0.2) is 5.82 Å². The number of furan rings is 1. The first-order chi connectivity index (χ1) is 9.86. The van der Waals surface area contributed by atoms with Crippen molar-refractivity contribution in [2.45, 2.75) is 24.5 Å². The van der Waals surface area contributed by atoms with Gasteiger partial charge in [-0.15, -0.1) is 0 Å². The van der Waals surface area contributed by atoms with Crippen LogP contribution in [-0.2, 0) is 16.6 Å². The SMILES string of the molecule is CC(NS(=O)(=O)c1ccc(F)c(CO)c1F)c1ccco1. The van der Waals surface area contributed by atoms with Crippen LogP contribution in [0.2, 0.25) is 0 Å². The lowest BCUT2D eigenvalue weighted by atomic mass is 10.2. The molecule has 0 bridgehead atoms. The van der Waals surface area contributed by atoms with Crippen LogP contribution in [0.15, 0.2) is 39.8 Å². The third-order valence-corrected chi connectivity index (χ3v) is 4.46. The van der Waals surface area contributed by atoms with E-state index in [1.165, 1.54) is 13.2 Å². The van der Waals surface area contributed by atoms with Crippen LogP contribution in [0.1, 0.15) is 24.3 Å². The van der Waals surface area contributed by atoms with Gasteiger partial charge in [-0.05, 0) is 31.2 Å². The molecule has 2 N–H and O–H groups in total. The monoisotopic (exact) mass is 317 g/mol. The number of benzene rings is 1. The van der Waals surface area contributed by atoms with E-state index in [1.54, 1.807) is 12.1 Å². The Hall–Kier alpha value is -1.77. The topological polar surface area (TPSA) is 79.5 Å². The minimum absolute atomic E-state index is 0.350. The highest BCUT2D eigenvalue weighted by molar-refractivity contribution is 7.89. The Bertz CT molecular complexity index is 729. The lowest BCUT2D eigenvalue weighted by Gasteiger charge is -2.14. The van der Waals surface area contributed by atoms with Crippen molar-refractivity contribution in [1.29, 1.82) is 0 Å². The van der Waals surface area contributed by atoms with E-state index in [0.717, 1.165) is 12.1 Å². The van der Waals surface area contributed by atoms with Gasteiger partial charge >= 0.3 is 0 Å². The summed E-state index contributed by atoms with van der Waals surface area (Å²) in [6.45, 7) is 0.583. The number of nitrogens with one attached hydrogen (secondary N) is 1. The molecule has 2 rings (SSSR count). The lowest BCUT2D eigenvalue weighted by Crippen LogP contribution is -2.27. The molecule has 1 aromatic heterocycles. The minimum Gasteiger partial charge on any atom is -0.468 e. The molecule has 2 aromatic rings. The molecule has 0 saturated heterocycles. The number of halogens is 2. The molecule has 0 aliphatic carbocycles. The predicted molar refractivity (Wildman–Crippen MR) is 69.7 cm³/mol. The molecule has 1 heterocycles. The summed E-state index contributed by atoms with van der Waals surface area (Å²) in [6, 6.07) is 4.02. The fourth-order valence-corrected chi connectivity index (χ4v) is 3.14. The second-order valence-corrected chi connectivity index (χ2v) is 6.04. The largest absolute Gasteiger partial charge is 0.468 e. The fraction of sp³-hybridized carbons (Fsp3) is 0.231. The Balaban J connectivity index is 2.36. The molecular formula is C13H13F2NO4S. The van der Waals surface area contributed by atoms with Crippen molar-refractivity contribution < 1.29 is 26.7 Å². The molecule has 21 heavy (non-hydrogen) atoms. The molecule has 0 saturated carbocycles. The second kappa shape index (κ2) is 5.92. The van der Waals surface area contributed by atoms with Gasteiger partial charge in [-0.2, -0.15) is 0 Å². The second-order valence-electron chi connectivity index (χ2n) is 4.35. The van der Waals surface area contributed by atoms with Crippen molar-refractivity contribution in [2.75, 3.05) is 0 Å². The summed E-state index contributed by atoms with van der Waals surface area (Å²) in [7, 11) is -4.23. The quantitative estimate of drug-likeness (QED) is 0.885. The summed E-state index contributed by atoms with van der Waals surface area (Å²) in [4.78, 5) is -0.730. The van der Waals surface area contributed by atoms with Gasteiger partial charge < -0.3 is 9.52 Å². The van der Waals surface area contributed by atoms with E-state index in [4.69, 9.17) is 9.52 Å². The standard InChI is InChI=1S/C13H13F2NO4S/c1-8(11-3-2-6-20-11)16-21(18,19)12-5-4-10(14)9(7-17)13(12)15/h2-6,8,16-17H,7H2,1H3. The number of rotatable bonds is 5. The lowest BCUT2D eigenvalue weighted by molar-refractivity contribution is 0.267. The first-order valence-corrected chi connectivity index (χ1v) is 7.48. The summed E-state index contributed by atoms with van der Waals surface area (Å²) in [6.07, 6.45) is 1.38. The maximum Gasteiger partial charge on any atom is 0.244 e. The number of aliphatic hydroxyl groups excluding tert-OH is 1. The van der Waals surface area contributed by atoms with E-state index in [1.807, 2.05) is 0 Å². The highest BCUT2D eigenvalue weighted by Gasteiger charge is 2.26. The van der Waals surface area contributed by atoms with E-state index in [0.29, 0.717) is 5.76 Å². The fourth-order valence-electron chi connectivity index (χ4n) is 1.82. The van der Waals surface area contributed by atoms with Crippen LogP contribution in [0.25, 0.3) is 0 Å². The summed E-state index contributed by atoms with van der Waals surface area (Å²) in [5.74, 6) is -1.96. The maximum absolute atomic E-state index is 14.0. The zero-order valence-corrected chi connectivity index (χ0v) is 11.8. The zero-order chi connectivity index (χ0) is 15.6. The minimum atomic E-state index is -4.23. The first-order valence-electron chi connectivity index (χ1n) is 6.00. The van der Waals surface area contributed by atoms with E-state index >= 15 is 0 Å². The highest BCUT2D eigenvalue weighted by atomic mass is 32.2. The van der Waals surface area contributed by atoms with Crippen molar-refractivity contribution in [3.8, 4) is 0 Å². The maximum atomic E-state index is 14.0. The Morgan fingerprint density at radius 3 is 2.62 bits per heavy atom. The highest BCUT2D eigenvalue weighted by Crippen LogP contribution is 2.23. The van der Waals surface area contributed by atoms with Crippen LogP contribution < -0.4 is 4.72 Å². The van der Waals surface area contributed by atoms with Crippen LogP contribution in [0.4, 0.5) is 8.78 Å². The van der Waals surface area contributed by atoms with Gasteiger partial charge in [-0.3, -0.25) is 0 Å². The van der Waals surface area contributed by atoms with Gasteiger partial charge in [0.1, 0.15) is 16.5 Å². The first kappa shape index (κ1) is 15.6. The molecule has 0 amide bonds. The molecule has 1 atom stereocenters. The molecule has 1 unspecified atom stereocenters. The van der Waals surface area contributed by atoms with Gasteiger partial charge in [-0.1, -0.05) is 0 Å². The van der Waals surface area contributed by atoms with Gasteiger partial charge in [0.05, 0.1) is 24.5 Å². The molecular weight excluding hydrogens is 304 g/mol. The van der Waals surface area contributed by atoms with Gasteiger partial charge in [-0.25, -0.2) is 21.9 Å². The van der Waals surface area contributed by atoms with Gasteiger partial charge in [0.25, 0.3) is 0 Å². The van der Waals surface area contributed by atoms with Crippen molar-refractivity contribution in [2.24, 2.45) is 0 Å². The van der Waals surface area contributed by atoms with E-state index in [2.05, 4.69) is 4.72 Å². The third-order valence-electron chi connectivity index (χ3n) is 2.90. The van der Waals surface area contributed by atoms with Crippen molar-refractivity contribution >= 4 is 10.0 Å². The summed E-state index contributed by atoms with van der Waals surface area (Å²) in [5.41, 5.74) is -0.691. The number of hydrogen-bond acceptors (Lipinski definition) is 4. The van der Waals surface area contributed by atoms with Crippen molar-refractivity contribution in [3.63, 3.8) is 0 Å². The molecule has 114 valence electrons. The third kappa shape index (κ3) is 3.12. The van der Waals surface area contributed by atoms with Crippen LogP contribution in [-0.4, -0.2) is 13.5 Å². The Morgan fingerprint density at radius 2 is 2.05 bits per heavy atom. The van der Waals surface area contributed by atoms with Crippen LogP contribution >= 0.6 is 0 Å². The summed E-state index contributed by atoms with van der Waals surface area (Å²) in [5, 5.41) is 8.91. The van der Waals surface area contributed by atoms with Crippen molar-refractivity contribution in [1.82, 2.24) is 4.72 Å². The molecule has 1 aromatic carbocycles. The Kier molecular flexibility index (Phi) is 4.40. The summed E-state index contributed by atoms with van der Waals surface area (Å²) < 4.78 is 58.8. The van der Waals surface area contributed by atoms with Crippen molar-refractivity contribution in [3.05, 3.63) is 53.5 Å². The smallest absolute Gasteiger partial charge is 0.244 e. The molecule has 8 heteroatoms. The zero-order valence-electron chi connectivity index (χ0n) is 11.0. The van der Waals surface area contributed by atoms with E-state index < -0.39 is 44.8 Å². The summed E-state index contributed by atoms with van der Waals surface area (Å²) >= 11 is 0. The molecule has 0 fully saturated rings. The van der Waals surface area contributed by atoms with Gasteiger partial charge in [0.2, 0.25) is 10.0 Å². The molecule has 0 radical (unpaired) electrons. The Labute approximate surface area is 120 Å². The molecule has 5 nitrogen and oxygen atoms in total. The average Bonchev–Trinajstić information content (AvgIpc) is 2.92. The molecule has 0 aliphatic heterocycles.